The molecular weight excluding hydrogens is 450 g/mol. The fraction of sp³-hybridized carbons (Fsp3) is 0.419. The predicted molar refractivity (Wildman–Crippen MR) is 148 cm³/mol. The van der Waals surface area contributed by atoms with Gasteiger partial charge in [0.1, 0.15) is 11.5 Å². The van der Waals surface area contributed by atoms with Gasteiger partial charge in [-0.2, -0.15) is 0 Å². The molecule has 0 aliphatic rings. The van der Waals surface area contributed by atoms with E-state index in [0.717, 1.165) is 34.0 Å². The Morgan fingerprint density at radius 3 is 1.42 bits per heavy atom. The van der Waals surface area contributed by atoms with Crippen LogP contribution in [-0.2, 0) is 26.8 Å². The third-order valence-corrected chi connectivity index (χ3v) is 6.01. The second kappa shape index (κ2) is 11.8. The standard InChI is InChI=1S/C31H41NO4/c1-30(2,3)24-16-12-18-26(28(24)35-21-33-7)32(20-23-14-10-9-11-15-23)27-19-13-17-25(31(4,5)6)29(27)36-22-34-8/h9-19H,20-22H2,1-8H3. The van der Waals surface area contributed by atoms with Crippen LogP contribution in [0, 0.1) is 0 Å². The van der Waals surface area contributed by atoms with Crippen molar-refractivity contribution in [2.24, 2.45) is 0 Å². The van der Waals surface area contributed by atoms with E-state index in [1.165, 1.54) is 5.56 Å². The highest BCUT2D eigenvalue weighted by Crippen LogP contribution is 2.47. The van der Waals surface area contributed by atoms with Gasteiger partial charge in [0.25, 0.3) is 0 Å². The van der Waals surface area contributed by atoms with Crippen LogP contribution in [0.15, 0.2) is 66.7 Å². The molecule has 0 aliphatic carbocycles. The van der Waals surface area contributed by atoms with Crippen molar-refractivity contribution in [3.05, 3.63) is 83.4 Å². The molecule has 0 heterocycles. The molecule has 0 fully saturated rings. The number of rotatable bonds is 10. The first-order valence-corrected chi connectivity index (χ1v) is 12.4. The summed E-state index contributed by atoms with van der Waals surface area (Å²) in [6, 6.07) is 23.1. The molecule has 0 aromatic heterocycles. The van der Waals surface area contributed by atoms with Gasteiger partial charge >= 0.3 is 0 Å². The second-order valence-corrected chi connectivity index (χ2v) is 11.0. The van der Waals surface area contributed by atoms with Gasteiger partial charge in [0, 0.05) is 31.9 Å². The minimum Gasteiger partial charge on any atom is -0.465 e. The molecule has 3 aromatic carbocycles. The van der Waals surface area contributed by atoms with Crippen LogP contribution in [0.25, 0.3) is 0 Å². The zero-order valence-corrected chi connectivity index (χ0v) is 23.1. The van der Waals surface area contributed by atoms with Crippen molar-refractivity contribution in [3.8, 4) is 11.5 Å². The molecule has 36 heavy (non-hydrogen) atoms. The van der Waals surface area contributed by atoms with Crippen LogP contribution in [0.3, 0.4) is 0 Å². The molecule has 0 spiro atoms. The van der Waals surface area contributed by atoms with Crippen molar-refractivity contribution in [2.75, 3.05) is 32.7 Å². The molecule has 0 radical (unpaired) electrons. The average Bonchev–Trinajstić information content (AvgIpc) is 2.84. The van der Waals surface area contributed by atoms with E-state index < -0.39 is 0 Å². The summed E-state index contributed by atoms with van der Waals surface area (Å²) >= 11 is 0. The van der Waals surface area contributed by atoms with E-state index in [1.807, 2.05) is 6.07 Å². The number of benzene rings is 3. The number of para-hydroxylation sites is 2. The third-order valence-electron chi connectivity index (χ3n) is 6.01. The molecule has 0 amide bonds. The molecule has 5 nitrogen and oxygen atoms in total. The van der Waals surface area contributed by atoms with E-state index in [9.17, 15) is 0 Å². The fourth-order valence-corrected chi connectivity index (χ4v) is 4.26. The quantitative estimate of drug-likeness (QED) is 0.273. The Hall–Kier alpha value is -3.02. The summed E-state index contributed by atoms with van der Waals surface area (Å²) < 4.78 is 23.2. The summed E-state index contributed by atoms with van der Waals surface area (Å²) in [5.74, 6) is 1.61. The van der Waals surface area contributed by atoms with Crippen molar-refractivity contribution in [1.82, 2.24) is 0 Å². The van der Waals surface area contributed by atoms with Gasteiger partial charge in [0.15, 0.2) is 13.6 Å². The largest absolute Gasteiger partial charge is 0.465 e. The average molecular weight is 492 g/mol. The Bertz CT molecular complexity index is 1040. The number of nitrogens with zero attached hydrogens (tertiary/aromatic N) is 1. The molecule has 0 unspecified atom stereocenters. The number of hydrogen-bond donors (Lipinski definition) is 0. The van der Waals surface area contributed by atoms with Crippen molar-refractivity contribution in [1.29, 1.82) is 0 Å². The van der Waals surface area contributed by atoms with Crippen LogP contribution < -0.4 is 14.4 Å². The molecule has 0 atom stereocenters. The van der Waals surface area contributed by atoms with Gasteiger partial charge in [0.05, 0.1) is 11.4 Å². The predicted octanol–water partition coefficient (Wildman–Crippen LogP) is 7.59. The Labute approximate surface area is 217 Å². The molecule has 5 heteroatoms. The molecule has 0 aliphatic heterocycles. The van der Waals surface area contributed by atoms with Gasteiger partial charge in [-0.05, 0) is 28.5 Å². The lowest BCUT2D eigenvalue weighted by atomic mass is 9.85. The maximum absolute atomic E-state index is 6.27. The summed E-state index contributed by atoms with van der Waals surface area (Å²) in [5, 5.41) is 0. The molecular formula is C31H41NO4. The molecule has 3 rings (SSSR count). The van der Waals surface area contributed by atoms with Crippen LogP contribution in [0.2, 0.25) is 0 Å². The summed E-state index contributed by atoms with van der Waals surface area (Å²) in [6.07, 6.45) is 0. The summed E-state index contributed by atoms with van der Waals surface area (Å²) in [7, 11) is 3.29. The first kappa shape index (κ1) is 27.6. The zero-order valence-electron chi connectivity index (χ0n) is 23.1. The van der Waals surface area contributed by atoms with E-state index in [0.29, 0.717) is 6.54 Å². The summed E-state index contributed by atoms with van der Waals surface area (Å²) in [5.41, 5.74) is 5.06. The van der Waals surface area contributed by atoms with E-state index in [4.69, 9.17) is 18.9 Å². The fourth-order valence-electron chi connectivity index (χ4n) is 4.26. The number of hydrogen-bond acceptors (Lipinski definition) is 5. The number of anilines is 2. The smallest absolute Gasteiger partial charge is 0.188 e. The highest BCUT2D eigenvalue weighted by atomic mass is 16.7. The van der Waals surface area contributed by atoms with Crippen molar-refractivity contribution in [2.45, 2.75) is 58.9 Å². The van der Waals surface area contributed by atoms with Crippen molar-refractivity contribution < 1.29 is 18.9 Å². The summed E-state index contributed by atoms with van der Waals surface area (Å²) in [6.45, 7) is 14.1. The maximum Gasteiger partial charge on any atom is 0.188 e. The van der Waals surface area contributed by atoms with E-state index in [1.54, 1.807) is 14.2 Å². The molecule has 3 aromatic rings. The van der Waals surface area contributed by atoms with Crippen molar-refractivity contribution >= 4 is 11.4 Å². The Balaban J connectivity index is 2.31. The molecule has 0 saturated carbocycles. The lowest BCUT2D eigenvalue weighted by molar-refractivity contribution is 0.0497. The summed E-state index contributed by atoms with van der Waals surface area (Å²) in [4.78, 5) is 2.27. The maximum atomic E-state index is 6.27. The van der Waals surface area contributed by atoms with E-state index >= 15 is 0 Å². The number of ether oxygens (including phenoxy) is 4. The number of methoxy groups -OCH3 is 2. The minimum absolute atomic E-state index is 0.125. The van der Waals surface area contributed by atoms with Gasteiger partial charge in [-0.3, -0.25) is 0 Å². The van der Waals surface area contributed by atoms with Crippen LogP contribution >= 0.6 is 0 Å². The van der Waals surface area contributed by atoms with Crippen LogP contribution in [0.4, 0.5) is 11.4 Å². The Morgan fingerprint density at radius 2 is 1.03 bits per heavy atom. The molecule has 0 N–H and O–H groups in total. The normalized spacial score (nSPS) is 11.9. The SMILES string of the molecule is COCOc1c(N(Cc2ccccc2)c2cccc(C(C)(C)C)c2OCOC)cccc1C(C)(C)C. The minimum atomic E-state index is -0.125. The second-order valence-electron chi connectivity index (χ2n) is 11.0. The highest BCUT2D eigenvalue weighted by Gasteiger charge is 2.28. The molecule has 194 valence electrons. The Morgan fingerprint density at radius 1 is 0.583 bits per heavy atom. The lowest BCUT2D eigenvalue weighted by Crippen LogP contribution is -2.23. The van der Waals surface area contributed by atoms with Gasteiger partial charge < -0.3 is 23.8 Å². The third kappa shape index (κ3) is 6.59. The monoisotopic (exact) mass is 491 g/mol. The zero-order chi connectivity index (χ0) is 26.3. The highest BCUT2D eigenvalue weighted by molar-refractivity contribution is 5.76. The van der Waals surface area contributed by atoms with Crippen LogP contribution in [-0.4, -0.2) is 27.8 Å². The van der Waals surface area contributed by atoms with Crippen LogP contribution in [0.1, 0.15) is 58.2 Å². The van der Waals surface area contributed by atoms with Crippen molar-refractivity contribution in [3.63, 3.8) is 0 Å². The van der Waals surface area contributed by atoms with Crippen LogP contribution in [0.5, 0.6) is 11.5 Å². The van der Waals surface area contributed by atoms with E-state index in [2.05, 4.69) is 107 Å². The topological polar surface area (TPSA) is 40.2 Å². The van der Waals surface area contributed by atoms with Gasteiger partial charge in [-0.15, -0.1) is 0 Å². The first-order chi connectivity index (χ1) is 17.1. The van der Waals surface area contributed by atoms with Gasteiger partial charge in [-0.25, -0.2) is 0 Å². The van der Waals surface area contributed by atoms with E-state index in [-0.39, 0.29) is 24.4 Å². The molecule has 0 bridgehead atoms. The Kier molecular flexibility index (Phi) is 9.04. The molecule has 0 saturated heterocycles. The van der Waals surface area contributed by atoms with Gasteiger partial charge in [-0.1, -0.05) is 96.1 Å². The first-order valence-electron chi connectivity index (χ1n) is 12.4. The van der Waals surface area contributed by atoms with Gasteiger partial charge in [0.2, 0.25) is 0 Å². The lowest BCUT2D eigenvalue weighted by Gasteiger charge is -2.33.